The van der Waals surface area contributed by atoms with Gasteiger partial charge in [0.25, 0.3) is 0 Å². The lowest BCUT2D eigenvalue weighted by atomic mass is 9.81. The van der Waals surface area contributed by atoms with Gasteiger partial charge in [-0.2, -0.15) is 5.26 Å². The highest BCUT2D eigenvalue weighted by atomic mass is 16.5. The van der Waals surface area contributed by atoms with E-state index in [2.05, 4.69) is 11.4 Å². The molecule has 1 fully saturated rings. The Bertz CT molecular complexity index is 470. The highest BCUT2D eigenvalue weighted by molar-refractivity contribution is 5.97. The second-order valence-electron chi connectivity index (χ2n) is 4.31. The first-order chi connectivity index (χ1) is 8.66. The average molecular weight is 246 g/mol. The van der Waals surface area contributed by atoms with Gasteiger partial charge in [-0.1, -0.05) is 0 Å². The van der Waals surface area contributed by atoms with Crippen LogP contribution in [0.4, 0.5) is 5.69 Å². The molecule has 18 heavy (non-hydrogen) atoms. The summed E-state index contributed by atoms with van der Waals surface area (Å²) in [6.45, 7) is 0.854. The molecule has 0 radical (unpaired) electrons. The highest BCUT2D eigenvalue weighted by Gasteiger charge is 2.40. The summed E-state index contributed by atoms with van der Waals surface area (Å²) in [5, 5.41) is 21.1. The van der Waals surface area contributed by atoms with Gasteiger partial charge < -0.3 is 15.2 Å². The van der Waals surface area contributed by atoms with E-state index in [9.17, 15) is 10.1 Å². The fraction of sp³-hybridized carbons (Fsp3) is 0.385. The van der Waals surface area contributed by atoms with Crippen LogP contribution in [0.3, 0.4) is 0 Å². The van der Waals surface area contributed by atoms with E-state index < -0.39 is 5.41 Å². The van der Waals surface area contributed by atoms with Crippen molar-refractivity contribution in [2.75, 3.05) is 18.5 Å². The van der Waals surface area contributed by atoms with Gasteiger partial charge in [0.05, 0.1) is 6.07 Å². The predicted octanol–water partition coefficient (Wildman–Crippen LogP) is 1.65. The molecule has 1 aromatic rings. The molecule has 0 spiro atoms. The Hall–Kier alpha value is -2.06. The third kappa shape index (κ3) is 2.44. The summed E-state index contributed by atoms with van der Waals surface area (Å²) in [5.41, 5.74) is -0.435. The van der Waals surface area contributed by atoms with E-state index in [1.807, 2.05) is 0 Å². The zero-order chi connectivity index (χ0) is 13.0. The number of nitrogens with zero attached hydrogens (tertiary/aromatic N) is 1. The maximum atomic E-state index is 12.2. The topological polar surface area (TPSA) is 82.4 Å². The first kappa shape index (κ1) is 12.4. The van der Waals surface area contributed by atoms with Crippen LogP contribution < -0.4 is 5.32 Å². The van der Waals surface area contributed by atoms with E-state index in [1.165, 1.54) is 12.1 Å². The Morgan fingerprint density at radius 3 is 2.50 bits per heavy atom. The molecule has 0 aromatic heterocycles. The summed E-state index contributed by atoms with van der Waals surface area (Å²) in [5.74, 6) is -0.173. The first-order valence-corrected chi connectivity index (χ1v) is 5.76. The number of carbonyl (C=O) groups excluding carboxylic acids is 1. The molecule has 1 aromatic carbocycles. The Balaban J connectivity index is 2.11. The summed E-state index contributed by atoms with van der Waals surface area (Å²) in [6, 6.07) is 8.27. The second-order valence-corrected chi connectivity index (χ2v) is 4.31. The van der Waals surface area contributed by atoms with Crippen LogP contribution in [0.15, 0.2) is 24.3 Å². The van der Waals surface area contributed by atoms with Crippen molar-refractivity contribution >= 4 is 11.6 Å². The van der Waals surface area contributed by atoms with Crippen LogP contribution in [-0.2, 0) is 9.53 Å². The number of anilines is 1. The summed E-state index contributed by atoms with van der Waals surface area (Å²) in [6.07, 6.45) is 0.820. The van der Waals surface area contributed by atoms with Crippen molar-refractivity contribution in [3.63, 3.8) is 0 Å². The van der Waals surface area contributed by atoms with Gasteiger partial charge in [-0.25, -0.2) is 0 Å². The molecule has 1 aliphatic heterocycles. The third-order valence-corrected chi connectivity index (χ3v) is 3.12. The van der Waals surface area contributed by atoms with Crippen molar-refractivity contribution in [2.45, 2.75) is 12.8 Å². The van der Waals surface area contributed by atoms with E-state index >= 15 is 0 Å². The number of carbonyl (C=O) groups is 1. The average Bonchev–Trinajstić information content (AvgIpc) is 2.42. The van der Waals surface area contributed by atoms with Gasteiger partial charge in [0.15, 0.2) is 0 Å². The number of nitriles is 1. The SMILES string of the molecule is N#CC1(C(=O)Nc2ccc(O)cc2)CCOCC1. The number of hydrogen-bond acceptors (Lipinski definition) is 4. The molecule has 0 unspecified atom stereocenters. The number of ether oxygens (including phenoxy) is 1. The van der Waals surface area contributed by atoms with Crippen LogP contribution in [0, 0.1) is 16.7 Å². The standard InChI is InChI=1S/C13H14N2O3/c14-9-13(5-7-18-8-6-13)12(17)15-10-1-3-11(16)4-2-10/h1-4,16H,5-8H2,(H,15,17). The molecule has 0 saturated carbocycles. The zero-order valence-corrected chi connectivity index (χ0v) is 9.85. The summed E-state index contributed by atoms with van der Waals surface area (Å²) in [4.78, 5) is 12.2. The molecule has 2 N–H and O–H groups in total. The molecule has 0 aliphatic carbocycles. The minimum atomic E-state index is -1.00. The van der Waals surface area contributed by atoms with Crippen molar-refractivity contribution in [3.8, 4) is 11.8 Å². The molecule has 1 saturated heterocycles. The molecule has 2 rings (SSSR count). The molecule has 0 bridgehead atoms. The van der Waals surface area contributed by atoms with Crippen LogP contribution in [0.5, 0.6) is 5.75 Å². The largest absolute Gasteiger partial charge is 0.508 e. The number of nitrogens with one attached hydrogen (secondary N) is 1. The summed E-state index contributed by atoms with van der Waals surface area (Å²) < 4.78 is 5.18. The molecule has 5 nitrogen and oxygen atoms in total. The smallest absolute Gasteiger partial charge is 0.245 e. The van der Waals surface area contributed by atoms with E-state index in [4.69, 9.17) is 9.84 Å². The quantitative estimate of drug-likeness (QED) is 0.777. The summed E-state index contributed by atoms with van der Waals surface area (Å²) in [7, 11) is 0. The van der Waals surface area contributed by atoms with Crippen LogP contribution in [-0.4, -0.2) is 24.2 Å². The Morgan fingerprint density at radius 1 is 1.33 bits per heavy atom. The number of phenols is 1. The highest BCUT2D eigenvalue weighted by Crippen LogP contribution is 2.31. The zero-order valence-electron chi connectivity index (χ0n) is 9.85. The van der Waals surface area contributed by atoms with E-state index in [0.29, 0.717) is 31.7 Å². The minimum absolute atomic E-state index is 0.133. The maximum absolute atomic E-state index is 12.2. The molecule has 0 atom stereocenters. The Morgan fingerprint density at radius 2 is 1.94 bits per heavy atom. The number of amides is 1. The third-order valence-electron chi connectivity index (χ3n) is 3.12. The van der Waals surface area contributed by atoms with Gasteiger partial charge in [0.2, 0.25) is 5.91 Å². The Labute approximate surface area is 105 Å². The molecule has 5 heteroatoms. The molecule has 1 heterocycles. The minimum Gasteiger partial charge on any atom is -0.508 e. The maximum Gasteiger partial charge on any atom is 0.245 e. The number of phenolic OH excluding ortho intramolecular Hbond substituents is 1. The van der Waals surface area contributed by atoms with Crippen molar-refractivity contribution in [1.82, 2.24) is 0 Å². The van der Waals surface area contributed by atoms with E-state index in [1.54, 1.807) is 12.1 Å². The first-order valence-electron chi connectivity index (χ1n) is 5.76. The molecule has 94 valence electrons. The fourth-order valence-electron chi connectivity index (χ4n) is 1.90. The van der Waals surface area contributed by atoms with Crippen molar-refractivity contribution in [3.05, 3.63) is 24.3 Å². The van der Waals surface area contributed by atoms with Crippen molar-refractivity contribution < 1.29 is 14.6 Å². The van der Waals surface area contributed by atoms with Gasteiger partial charge in [-0.3, -0.25) is 4.79 Å². The number of benzene rings is 1. The van der Waals surface area contributed by atoms with Crippen molar-refractivity contribution in [1.29, 1.82) is 5.26 Å². The van der Waals surface area contributed by atoms with E-state index in [0.717, 1.165) is 0 Å². The summed E-state index contributed by atoms with van der Waals surface area (Å²) >= 11 is 0. The molecular formula is C13H14N2O3. The predicted molar refractivity (Wildman–Crippen MR) is 64.8 cm³/mol. The van der Waals surface area contributed by atoms with Crippen molar-refractivity contribution in [2.24, 2.45) is 5.41 Å². The van der Waals surface area contributed by atoms with Gasteiger partial charge in [0, 0.05) is 18.9 Å². The van der Waals surface area contributed by atoms with Crippen LogP contribution >= 0.6 is 0 Å². The number of aromatic hydroxyl groups is 1. The molecule has 1 aliphatic rings. The van der Waals surface area contributed by atoms with Gasteiger partial charge in [0.1, 0.15) is 11.2 Å². The number of hydrogen-bond donors (Lipinski definition) is 2. The van der Waals surface area contributed by atoms with Gasteiger partial charge in [-0.05, 0) is 37.1 Å². The molecular weight excluding hydrogens is 232 g/mol. The lowest BCUT2D eigenvalue weighted by Gasteiger charge is -2.29. The Kier molecular flexibility index (Phi) is 3.49. The molecule has 1 amide bonds. The fourth-order valence-corrected chi connectivity index (χ4v) is 1.90. The van der Waals surface area contributed by atoms with Crippen LogP contribution in [0.1, 0.15) is 12.8 Å². The normalized spacial score (nSPS) is 17.7. The van der Waals surface area contributed by atoms with Crippen LogP contribution in [0.2, 0.25) is 0 Å². The monoisotopic (exact) mass is 246 g/mol. The van der Waals surface area contributed by atoms with E-state index in [-0.39, 0.29) is 11.7 Å². The second kappa shape index (κ2) is 5.07. The lowest BCUT2D eigenvalue weighted by molar-refractivity contribution is -0.126. The number of rotatable bonds is 2. The lowest BCUT2D eigenvalue weighted by Crippen LogP contribution is -2.39. The van der Waals surface area contributed by atoms with Crippen LogP contribution in [0.25, 0.3) is 0 Å². The van der Waals surface area contributed by atoms with Gasteiger partial charge in [-0.15, -0.1) is 0 Å². The van der Waals surface area contributed by atoms with Gasteiger partial charge >= 0.3 is 0 Å².